The smallest absolute Gasteiger partial charge is 0.418 e. The fourth-order valence-electron chi connectivity index (χ4n) is 3.75. The highest BCUT2D eigenvalue weighted by molar-refractivity contribution is 5.89. The first kappa shape index (κ1) is 23.7. The van der Waals surface area contributed by atoms with Gasteiger partial charge in [-0.1, -0.05) is 0 Å². The molecule has 1 atom stereocenters. The number of alkyl halides is 3. The highest BCUT2D eigenvalue weighted by Gasteiger charge is 2.35. The fourth-order valence-corrected chi connectivity index (χ4v) is 3.75. The number of amides is 2. The van der Waals surface area contributed by atoms with E-state index in [-0.39, 0.29) is 11.3 Å². The molecule has 4 rings (SSSR count). The van der Waals surface area contributed by atoms with Crippen LogP contribution < -0.4 is 15.4 Å². The van der Waals surface area contributed by atoms with Crippen LogP contribution in [0.15, 0.2) is 30.6 Å². The van der Waals surface area contributed by atoms with Gasteiger partial charge in [-0.15, -0.1) is 0 Å². The van der Waals surface area contributed by atoms with E-state index in [1.54, 1.807) is 0 Å². The Morgan fingerprint density at radius 1 is 1.26 bits per heavy atom. The molecule has 0 aliphatic carbocycles. The van der Waals surface area contributed by atoms with Crippen LogP contribution in [0.25, 0.3) is 11.0 Å². The average molecular weight is 484 g/mol. The molecule has 0 spiro atoms. The minimum absolute atomic E-state index is 0.152. The first-order chi connectivity index (χ1) is 16.2. The number of anilines is 1. The van der Waals surface area contributed by atoms with E-state index in [9.17, 15) is 26.7 Å². The summed E-state index contributed by atoms with van der Waals surface area (Å²) in [5.74, 6) is -3.27. The lowest BCUT2D eigenvalue weighted by molar-refractivity contribution is -0.136. The highest BCUT2D eigenvalue weighted by Crippen LogP contribution is 2.40. The Morgan fingerprint density at radius 2 is 2.03 bits per heavy atom. The van der Waals surface area contributed by atoms with Crippen molar-refractivity contribution in [2.75, 3.05) is 25.1 Å². The van der Waals surface area contributed by atoms with E-state index >= 15 is 0 Å². The van der Waals surface area contributed by atoms with E-state index in [0.29, 0.717) is 25.3 Å². The molecule has 34 heavy (non-hydrogen) atoms. The summed E-state index contributed by atoms with van der Waals surface area (Å²) in [6.07, 6.45) is -0.270. The molecular formula is C22H21F5N4O3. The normalized spacial score (nSPS) is 16.1. The largest absolute Gasteiger partial charge is 0.450 e. The number of benzene rings is 1. The zero-order valence-electron chi connectivity index (χ0n) is 17.8. The van der Waals surface area contributed by atoms with Crippen molar-refractivity contribution < 1.29 is 36.2 Å². The van der Waals surface area contributed by atoms with Crippen molar-refractivity contribution in [3.05, 3.63) is 47.8 Å². The van der Waals surface area contributed by atoms with Gasteiger partial charge in [0.1, 0.15) is 11.4 Å². The molecule has 7 nitrogen and oxygen atoms in total. The van der Waals surface area contributed by atoms with Crippen LogP contribution in [-0.4, -0.2) is 35.8 Å². The fraction of sp³-hybridized carbons (Fsp3) is 0.364. The number of aromatic nitrogens is 2. The molecular weight excluding hydrogens is 463 g/mol. The molecule has 3 aromatic rings. The number of fused-ring (bicyclic) bond motifs is 1. The van der Waals surface area contributed by atoms with Gasteiger partial charge in [-0.05, 0) is 31.2 Å². The molecule has 1 aliphatic rings. The molecule has 0 bridgehead atoms. The van der Waals surface area contributed by atoms with Gasteiger partial charge in [-0.2, -0.15) is 13.2 Å². The van der Waals surface area contributed by atoms with Crippen LogP contribution in [0, 0.1) is 17.6 Å². The Hall–Kier alpha value is -3.41. The minimum Gasteiger partial charge on any atom is -0.450 e. The van der Waals surface area contributed by atoms with Crippen LogP contribution in [-0.2, 0) is 10.9 Å². The molecule has 1 saturated heterocycles. The number of hydrogen-bond acceptors (Lipinski definition) is 4. The topological polar surface area (TPSA) is 88.3 Å². The van der Waals surface area contributed by atoms with Crippen LogP contribution in [0.4, 0.5) is 32.4 Å². The number of pyridine rings is 1. The van der Waals surface area contributed by atoms with Gasteiger partial charge >= 0.3 is 12.2 Å². The monoisotopic (exact) mass is 484 g/mol. The lowest BCUT2D eigenvalue weighted by atomic mass is 10.0. The molecule has 0 radical (unpaired) electrons. The van der Waals surface area contributed by atoms with Crippen molar-refractivity contribution in [3.63, 3.8) is 0 Å². The van der Waals surface area contributed by atoms with Crippen molar-refractivity contribution in [3.8, 4) is 11.5 Å². The van der Waals surface area contributed by atoms with Gasteiger partial charge in [0.15, 0.2) is 17.4 Å². The van der Waals surface area contributed by atoms with E-state index in [4.69, 9.17) is 9.47 Å². The van der Waals surface area contributed by atoms with Gasteiger partial charge in [0.05, 0.1) is 10.9 Å². The average Bonchev–Trinajstić information content (AvgIpc) is 3.43. The first-order valence-corrected chi connectivity index (χ1v) is 10.5. The second-order valence-corrected chi connectivity index (χ2v) is 7.86. The number of carbonyl (C=O) groups excluding carboxylic acids is 1. The summed E-state index contributed by atoms with van der Waals surface area (Å²) >= 11 is 0. The lowest BCUT2D eigenvalue weighted by Crippen LogP contribution is -2.29. The summed E-state index contributed by atoms with van der Waals surface area (Å²) in [6, 6.07) is 2.05. The van der Waals surface area contributed by atoms with Crippen molar-refractivity contribution in [1.82, 2.24) is 15.3 Å². The summed E-state index contributed by atoms with van der Waals surface area (Å²) in [5, 5.41) is 4.47. The molecule has 1 aromatic carbocycles. The first-order valence-electron chi connectivity index (χ1n) is 10.5. The third-order valence-corrected chi connectivity index (χ3v) is 5.41. The Balaban J connectivity index is 1.43. The van der Waals surface area contributed by atoms with E-state index < -0.39 is 46.3 Å². The highest BCUT2D eigenvalue weighted by atomic mass is 19.4. The van der Waals surface area contributed by atoms with Crippen LogP contribution in [0.5, 0.6) is 11.5 Å². The maximum atomic E-state index is 14.6. The zero-order valence-corrected chi connectivity index (χ0v) is 17.8. The van der Waals surface area contributed by atoms with Crippen LogP contribution in [0.3, 0.4) is 0 Å². The third-order valence-electron chi connectivity index (χ3n) is 5.41. The molecule has 3 N–H and O–H groups in total. The number of halogens is 5. The molecule has 12 heteroatoms. The minimum atomic E-state index is -4.73. The predicted octanol–water partition coefficient (Wildman–Crippen LogP) is 5.59. The third kappa shape index (κ3) is 5.38. The summed E-state index contributed by atoms with van der Waals surface area (Å²) < 4.78 is 79.5. The molecule has 1 aliphatic heterocycles. The SMILES string of the molecule is O=C(NCCCC1CCOC1)Nc1cc(F)c(Oc2ccnc3[nH]cc(C(F)(F)F)c23)c(F)c1. The van der Waals surface area contributed by atoms with Crippen LogP contribution in [0.2, 0.25) is 0 Å². The van der Waals surface area contributed by atoms with Gasteiger partial charge in [-0.3, -0.25) is 0 Å². The van der Waals surface area contributed by atoms with Crippen LogP contribution >= 0.6 is 0 Å². The second-order valence-electron chi connectivity index (χ2n) is 7.86. The Kier molecular flexibility index (Phi) is 6.87. The van der Waals surface area contributed by atoms with E-state index in [1.165, 1.54) is 0 Å². The van der Waals surface area contributed by atoms with Crippen molar-refractivity contribution in [2.45, 2.75) is 25.4 Å². The number of carbonyl (C=O) groups is 1. The summed E-state index contributed by atoms with van der Waals surface area (Å²) in [6.45, 7) is 1.84. The maximum Gasteiger partial charge on any atom is 0.418 e. The van der Waals surface area contributed by atoms with Crippen LogP contribution in [0.1, 0.15) is 24.8 Å². The number of aromatic amines is 1. The maximum absolute atomic E-state index is 14.6. The van der Waals surface area contributed by atoms with Gasteiger partial charge in [0, 0.05) is 50.0 Å². The second kappa shape index (κ2) is 9.84. The summed E-state index contributed by atoms with van der Waals surface area (Å²) in [4.78, 5) is 18.2. The quantitative estimate of drug-likeness (QED) is 0.301. The standard InChI is InChI=1S/C22H21F5N4O3/c23-15-8-13(31-21(32)29-5-1-2-12-4-7-33-11-12)9-16(24)19(15)34-17-3-6-28-20-18(17)14(10-30-20)22(25,26)27/h3,6,8-10,12H,1-2,4-5,7,11H2,(H,28,30)(H2,29,31,32). The Labute approximate surface area is 190 Å². The van der Waals surface area contributed by atoms with E-state index in [1.807, 2.05) is 0 Å². The van der Waals surface area contributed by atoms with E-state index in [2.05, 4.69) is 20.6 Å². The number of hydrogen-bond donors (Lipinski definition) is 3. The zero-order chi connectivity index (χ0) is 24.3. The molecule has 2 amide bonds. The van der Waals surface area contributed by atoms with Crippen molar-refractivity contribution in [2.24, 2.45) is 5.92 Å². The van der Waals surface area contributed by atoms with Gasteiger partial charge < -0.3 is 25.1 Å². The predicted molar refractivity (Wildman–Crippen MR) is 113 cm³/mol. The van der Waals surface area contributed by atoms with Crippen molar-refractivity contribution in [1.29, 1.82) is 0 Å². The van der Waals surface area contributed by atoms with Gasteiger partial charge in [0.25, 0.3) is 0 Å². The number of H-pyrrole nitrogens is 1. The van der Waals surface area contributed by atoms with Gasteiger partial charge in [0.2, 0.25) is 0 Å². The van der Waals surface area contributed by atoms with Gasteiger partial charge in [-0.25, -0.2) is 18.6 Å². The molecule has 3 heterocycles. The summed E-state index contributed by atoms with van der Waals surface area (Å²) in [7, 11) is 0. The Bertz CT molecular complexity index is 1150. The molecule has 2 aromatic heterocycles. The molecule has 1 unspecified atom stereocenters. The Morgan fingerprint density at radius 3 is 2.71 bits per heavy atom. The number of rotatable bonds is 7. The molecule has 0 saturated carbocycles. The summed E-state index contributed by atoms with van der Waals surface area (Å²) in [5.41, 5.74) is -1.41. The number of urea groups is 1. The molecule has 1 fully saturated rings. The lowest BCUT2D eigenvalue weighted by Gasteiger charge is -2.13. The van der Waals surface area contributed by atoms with Crippen molar-refractivity contribution >= 4 is 22.8 Å². The van der Waals surface area contributed by atoms with E-state index in [0.717, 1.165) is 50.3 Å². The molecule has 182 valence electrons. The number of nitrogens with zero attached hydrogens (tertiary/aromatic N) is 1. The number of nitrogens with one attached hydrogen (secondary N) is 3. The number of ether oxygens (including phenoxy) is 2.